The standard InChI is InChI=1S/C13H17FN2/c1-8(2)13-11-7-10(14)5-6-12(11)16(15-13)9(3)4/h5-9H,1-4H3. The van der Waals surface area contributed by atoms with E-state index in [1.165, 1.54) is 6.07 Å². The Morgan fingerprint density at radius 1 is 1.19 bits per heavy atom. The van der Waals surface area contributed by atoms with Gasteiger partial charge in [0, 0.05) is 11.4 Å². The Morgan fingerprint density at radius 3 is 2.44 bits per heavy atom. The fourth-order valence-corrected chi connectivity index (χ4v) is 1.96. The predicted octanol–water partition coefficient (Wildman–Crippen LogP) is 3.88. The van der Waals surface area contributed by atoms with Crippen molar-refractivity contribution in [1.29, 1.82) is 0 Å². The maximum absolute atomic E-state index is 13.3. The smallest absolute Gasteiger partial charge is 0.124 e. The Morgan fingerprint density at radius 2 is 1.88 bits per heavy atom. The van der Waals surface area contributed by atoms with Gasteiger partial charge in [-0.25, -0.2) is 4.39 Å². The monoisotopic (exact) mass is 220 g/mol. The Hall–Kier alpha value is -1.38. The lowest BCUT2D eigenvalue weighted by molar-refractivity contribution is 0.539. The largest absolute Gasteiger partial charge is 0.262 e. The van der Waals surface area contributed by atoms with Crippen LogP contribution >= 0.6 is 0 Å². The average Bonchev–Trinajstić information content (AvgIpc) is 2.56. The van der Waals surface area contributed by atoms with Crippen molar-refractivity contribution in [3.8, 4) is 0 Å². The lowest BCUT2D eigenvalue weighted by Crippen LogP contribution is -2.03. The third kappa shape index (κ3) is 1.70. The van der Waals surface area contributed by atoms with Gasteiger partial charge in [-0.3, -0.25) is 4.68 Å². The van der Waals surface area contributed by atoms with Crippen LogP contribution < -0.4 is 0 Å². The van der Waals surface area contributed by atoms with E-state index in [1.54, 1.807) is 6.07 Å². The molecule has 0 saturated heterocycles. The van der Waals surface area contributed by atoms with Crippen LogP contribution in [0.1, 0.15) is 45.3 Å². The number of nitrogens with zero attached hydrogens (tertiary/aromatic N) is 2. The highest BCUT2D eigenvalue weighted by Gasteiger charge is 2.15. The van der Waals surface area contributed by atoms with Gasteiger partial charge in [-0.2, -0.15) is 5.10 Å². The molecule has 0 N–H and O–H groups in total. The normalized spacial score (nSPS) is 11.9. The van der Waals surface area contributed by atoms with E-state index in [0.29, 0.717) is 12.0 Å². The van der Waals surface area contributed by atoms with Gasteiger partial charge in [0.1, 0.15) is 5.82 Å². The highest BCUT2D eigenvalue weighted by molar-refractivity contribution is 5.82. The van der Waals surface area contributed by atoms with E-state index >= 15 is 0 Å². The van der Waals surface area contributed by atoms with Crippen molar-refractivity contribution < 1.29 is 4.39 Å². The molecule has 2 nitrogen and oxygen atoms in total. The minimum Gasteiger partial charge on any atom is -0.262 e. The van der Waals surface area contributed by atoms with Gasteiger partial charge < -0.3 is 0 Å². The van der Waals surface area contributed by atoms with Crippen LogP contribution in [-0.4, -0.2) is 9.78 Å². The molecule has 2 aromatic rings. The quantitative estimate of drug-likeness (QED) is 0.751. The van der Waals surface area contributed by atoms with Gasteiger partial charge in [0.15, 0.2) is 0 Å². The Labute approximate surface area is 95.1 Å². The van der Waals surface area contributed by atoms with E-state index in [-0.39, 0.29) is 5.82 Å². The molecular formula is C13H17FN2. The molecule has 1 aromatic heterocycles. The third-order valence-electron chi connectivity index (χ3n) is 2.73. The molecule has 16 heavy (non-hydrogen) atoms. The molecule has 1 aromatic carbocycles. The number of benzene rings is 1. The summed E-state index contributed by atoms with van der Waals surface area (Å²) in [6, 6.07) is 5.17. The highest BCUT2D eigenvalue weighted by Crippen LogP contribution is 2.27. The number of rotatable bonds is 2. The molecule has 2 rings (SSSR count). The first-order valence-electron chi connectivity index (χ1n) is 5.68. The van der Waals surface area contributed by atoms with Crippen LogP contribution in [0.2, 0.25) is 0 Å². The maximum Gasteiger partial charge on any atom is 0.124 e. The highest BCUT2D eigenvalue weighted by atomic mass is 19.1. The summed E-state index contributed by atoms with van der Waals surface area (Å²) in [5.74, 6) is 0.113. The first-order chi connectivity index (χ1) is 7.50. The SMILES string of the molecule is CC(C)c1nn(C(C)C)c2ccc(F)cc12. The van der Waals surface area contributed by atoms with Gasteiger partial charge in [-0.15, -0.1) is 0 Å². The molecule has 0 aliphatic heterocycles. The van der Waals surface area contributed by atoms with Crippen LogP contribution in [-0.2, 0) is 0 Å². The summed E-state index contributed by atoms with van der Waals surface area (Å²) in [6.45, 7) is 8.33. The minimum atomic E-state index is -0.197. The molecule has 0 atom stereocenters. The number of hydrogen-bond donors (Lipinski definition) is 0. The van der Waals surface area contributed by atoms with E-state index in [9.17, 15) is 4.39 Å². The maximum atomic E-state index is 13.3. The van der Waals surface area contributed by atoms with Crippen LogP contribution in [0.25, 0.3) is 10.9 Å². The summed E-state index contributed by atoms with van der Waals surface area (Å²) in [5.41, 5.74) is 1.99. The van der Waals surface area contributed by atoms with Crippen LogP contribution in [0.15, 0.2) is 18.2 Å². The molecule has 0 fully saturated rings. The number of halogens is 1. The first kappa shape index (κ1) is 11.1. The van der Waals surface area contributed by atoms with Crippen molar-refractivity contribution in [2.45, 2.75) is 39.7 Å². The topological polar surface area (TPSA) is 17.8 Å². The van der Waals surface area contributed by atoms with E-state index in [4.69, 9.17) is 0 Å². The van der Waals surface area contributed by atoms with Gasteiger partial charge in [-0.05, 0) is 38.0 Å². The van der Waals surface area contributed by atoms with Gasteiger partial charge in [0.05, 0.1) is 11.2 Å². The van der Waals surface area contributed by atoms with Gasteiger partial charge >= 0.3 is 0 Å². The van der Waals surface area contributed by atoms with Crippen LogP contribution in [0.3, 0.4) is 0 Å². The fraction of sp³-hybridized carbons (Fsp3) is 0.462. The molecule has 3 heteroatoms. The molecule has 0 amide bonds. The predicted molar refractivity (Wildman–Crippen MR) is 64.2 cm³/mol. The molecule has 0 unspecified atom stereocenters. The number of hydrogen-bond acceptors (Lipinski definition) is 1. The molecular weight excluding hydrogens is 203 g/mol. The van der Waals surface area contributed by atoms with Gasteiger partial charge in [-0.1, -0.05) is 13.8 Å². The summed E-state index contributed by atoms with van der Waals surface area (Å²) in [7, 11) is 0. The molecule has 0 bridgehead atoms. The zero-order valence-corrected chi connectivity index (χ0v) is 10.2. The molecule has 0 aliphatic rings. The number of aromatic nitrogens is 2. The molecule has 86 valence electrons. The average molecular weight is 220 g/mol. The van der Waals surface area contributed by atoms with Gasteiger partial charge in [0.25, 0.3) is 0 Å². The molecule has 0 radical (unpaired) electrons. The zero-order chi connectivity index (χ0) is 11.9. The zero-order valence-electron chi connectivity index (χ0n) is 10.2. The lowest BCUT2D eigenvalue weighted by atomic mass is 10.1. The Kier molecular flexibility index (Phi) is 2.70. The van der Waals surface area contributed by atoms with Crippen molar-refractivity contribution >= 4 is 10.9 Å². The summed E-state index contributed by atoms with van der Waals surface area (Å²) in [6.07, 6.45) is 0. The van der Waals surface area contributed by atoms with E-state index in [1.807, 2.05) is 10.7 Å². The third-order valence-corrected chi connectivity index (χ3v) is 2.73. The van der Waals surface area contributed by atoms with Crippen LogP contribution in [0.5, 0.6) is 0 Å². The lowest BCUT2D eigenvalue weighted by Gasteiger charge is -2.06. The fourth-order valence-electron chi connectivity index (χ4n) is 1.96. The van der Waals surface area contributed by atoms with Crippen molar-refractivity contribution in [2.75, 3.05) is 0 Å². The summed E-state index contributed by atoms with van der Waals surface area (Å²) in [4.78, 5) is 0. The van der Waals surface area contributed by atoms with Crippen LogP contribution in [0, 0.1) is 5.82 Å². The van der Waals surface area contributed by atoms with E-state index in [0.717, 1.165) is 16.6 Å². The van der Waals surface area contributed by atoms with Crippen molar-refractivity contribution in [3.05, 3.63) is 29.7 Å². The summed E-state index contributed by atoms with van der Waals surface area (Å²) in [5, 5.41) is 5.51. The molecule has 0 saturated carbocycles. The summed E-state index contributed by atoms with van der Waals surface area (Å²) >= 11 is 0. The first-order valence-corrected chi connectivity index (χ1v) is 5.68. The van der Waals surface area contributed by atoms with Crippen molar-refractivity contribution in [2.24, 2.45) is 0 Å². The Balaban J connectivity index is 2.76. The second-order valence-electron chi connectivity index (χ2n) is 4.74. The Bertz CT molecular complexity index is 512. The van der Waals surface area contributed by atoms with Gasteiger partial charge in [0.2, 0.25) is 0 Å². The van der Waals surface area contributed by atoms with E-state index < -0.39 is 0 Å². The second-order valence-corrected chi connectivity index (χ2v) is 4.74. The van der Waals surface area contributed by atoms with E-state index in [2.05, 4.69) is 32.8 Å². The van der Waals surface area contributed by atoms with Crippen molar-refractivity contribution in [1.82, 2.24) is 9.78 Å². The molecule has 0 spiro atoms. The molecule has 0 aliphatic carbocycles. The number of fused-ring (bicyclic) bond motifs is 1. The summed E-state index contributed by atoms with van der Waals surface area (Å²) < 4.78 is 15.2. The minimum absolute atomic E-state index is 0.197. The van der Waals surface area contributed by atoms with Crippen LogP contribution in [0.4, 0.5) is 4.39 Å². The van der Waals surface area contributed by atoms with Crippen molar-refractivity contribution in [3.63, 3.8) is 0 Å². The second kappa shape index (κ2) is 3.89. The molecule has 1 heterocycles.